The predicted molar refractivity (Wildman–Crippen MR) is 285 cm³/mol. The Bertz CT molecular complexity index is 3150. The van der Waals surface area contributed by atoms with Crippen molar-refractivity contribution in [1.82, 2.24) is 39.3 Å². The Balaban J connectivity index is 0.782. The summed E-state index contributed by atoms with van der Waals surface area (Å²) in [6.07, 6.45) is 17.7. The molecule has 11 rings (SSSR count). The van der Waals surface area contributed by atoms with Gasteiger partial charge in [-0.15, -0.1) is 0 Å². The van der Waals surface area contributed by atoms with Crippen LogP contribution >= 0.6 is 0 Å². The Hall–Kier alpha value is -5.96. The van der Waals surface area contributed by atoms with Crippen LogP contribution in [0.2, 0.25) is 0 Å². The van der Waals surface area contributed by atoms with Crippen LogP contribution in [0.25, 0.3) is 11.0 Å². The first-order chi connectivity index (χ1) is 36.0. The number of piperidine rings is 1. The van der Waals surface area contributed by atoms with E-state index in [1.807, 2.05) is 6.92 Å². The standard InChI is InChI=1S/C56H70FN11O6S/c1-36(2)44-7-5-6-8-45(44)50-35-65(33-38-29-62-68(34-38)39-9-10-39)21-22-67(50)41-26-56(27-41)17-19-66(20-18-56)40-11-12-46(51(23-40)74-42-24-47-48(57)32-61-52(47)59-30-42)54(69)63-75(72,73)43-25-49(64(4)71)53(60-31-43)58-28-37-13-15-55(3,70)16-14-37/h5-8,11-12,23-25,29-32,34,36-37,39,41,50,64,70H,9-10,13-22,26-28,33,35H2,1-4H3,(H,58,60)(H,59,61)(H,63,69). The number of piperazine rings is 1. The number of quaternary nitrogens is 1. The number of H-pyrrole nitrogens is 1. The molecule has 5 aliphatic rings. The van der Waals surface area contributed by atoms with Crippen LogP contribution in [0.5, 0.6) is 11.5 Å². The van der Waals surface area contributed by atoms with Crippen LogP contribution in [0.3, 0.4) is 0 Å². The minimum Gasteiger partial charge on any atom is -0.629 e. The zero-order chi connectivity index (χ0) is 52.2. The molecule has 1 amide bonds. The van der Waals surface area contributed by atoms with Gasteiger partial charge in [0.05, 0.1) is 48.2 Å². The number of carbonyl (C=O) groups is 1. The number of benzene rings is 2. The van der Waals surface area contributed by atoms with Gasteiger partial charge in [0, 0.05) is 93.7 Å². The third-order valence-electron chi connectivity index (χ3n) is 16.9. The molecule has 2 unspecified atom stereocenters. The molecule has 0 radical (unpaired) electrons. The molecule has 19 heteroatoms. The summed E-state index contributed by atoms with van der Waals surface area (Å²) >= 11 is 0. The van der Waals surface area contributed by atoms with Crippen LogP contribution in [-0.4, -0.2) is 112 Å². The largest absolute Gasteiger partial charge is 0.629 e. The van der Waals surface area contributed by atoms with Crippen molar-refractivity contribution in [3.8, 4) is 11.5 Å². The number of aliphatic hydroxyl groups is 1. The Kier molecular flexibility index (Phi) is 14.0. The SMILES string of the molecule is CC(C)c1ccccc1C1CN(Cc2cnn(C3CC3)c2)CCN1C1CC2(CCN(c3ccc(C(=O)NS(=O)(=O)c4cnc(NCC5CCC(C)(O)CC5)c([NH+](C)[O-])c4)c(Oc4cnc5[nH]cc(F)c5c4)c3)CC2)C1. The number of sulfonamides is 1. The summed E-state index contributed by atoms with van der Waals surface area (Å²) in [6, 6.07) is 18.2. The summed E-state index contributed by atoms with van der Waals surface area (Å²) in [7, 11) is -3.22. The van der Waals surface area contributed by atoms with Crippen LogP contribution in [0, 0.1) is 22.4 Å². The highest BCUT2D eigenvalue weighted by molar-refractivity contribution is 7.90. The number of hydrogen-bond acceptors (Lipinski definition) is 13. The van der Waals surface area contributed by atoms with Crippen LogP contribution in [0.1, 0.15) is 130 Å². The highest BCUT2D eigenvalue weighted by atomic mass is 32.2. The van der Waals surface area contributed by atoms with E-state index >= 15 is 0 Å². The molecule has 0 bridgehead atoms. The minimum absolute atomic E-state index is 0.0659. The zero-order valence-corrected chi connectivity index (χ0v) is 44.2. The van der Waals surface area contributed by atoms with Gasteiger partial charge < -0.3 is 35.3 Å². The number of anilines is 2. The maximum atomic E-state index is 14.8. The normalized spacial score (nSPS) is 23.1. The molecule has 2 aromatic carbocycles. The molecule has 2 saturated heterocycles. The molecule has 17 nitrogen and oxygen atoms in total. The molecular weight excluding hydrogens is 974 g/mol. The van der Waals surface area contributed by atoms with Crippen molar-refractivity contribution in [1.29, 1.82) is 0 Å². The molecule has 75 heavy (non-hydrogen) atoms. The summed E-state index contributed by atoms with van der Waals surface area (Å²) in [4.78, 5) is 32.9. The number of amides is 1. The van der Waals surface area contributed by atoms with Gasteiger partial charge in [-0.2, -0.15) is 5.10 Å². The van der Waals surface area contributed by atoms with Gasteiger partial charge >= 0.3 is 0 Å². The number of halogens is 1. The zero-order valence-electron chi connectivity index (χ0n) is 43.4. The fraction of sp³-hybridized carbons (Fsp3) is 0.500. The fourth-order valence-corrected chi connectivity index (χ4v) is 13.2. The van der Waals surface area contributed by atoms with Gasteiger partial charge in [-0.3, -0.25) is 19.3 Å². The van der Waals surface area contributed by atoms with E-state index in [2.05, 4.69) is 100.0 Å². The smallest absolute Gasteiger partial charge is 0.268 e. The first kappa shape index (κ1) is 51.2. The number of carbonyl (C=O) groups excluding carboxylic acids is 1. The number of hydroxylamine groups is 1. The number of hydrogen-bond donors (Lipinski definition) is 5. The van der Waals surface area contributed by atoms with Gasteiger partial charge in [0.15, 0.2) is 11.5 Å². The van der Waals surface area contributed by atoms with Crippen molar-refractivity contribution in [3.05, 3.63) is 119 Å². The summed E-state index contributed by atoms with van der Waals surface area (Å²) in [6.45, 7) is 12.4. The van der Waals surface area contributed by atoms with Crippen LogP contribution in [-0.2, 0) is 16.6 Å². The number of aromatic amines is 1. The number of rotatable bonds is 16. The van der Waals surface area contributed by atoms with Gasteiger partial charge in [0.2, 0.25) is 0 Å². The van der Waals surface area contributed by atoms with E-state index in [4.69, 9.17) is 4.74 Å². The molecule has 3 aliphatic carbocycles. The number of nitrogens with one attached hydrogen (secondary N) is 4. The van der Waals surface area contributed by atoms with E-state index in [0.29, 0.717) is 49.1 Å². The fourth-order valence-electron chi connectivity index (χ4n) is 12.2. The number of nitrogens with zero attached hydrogens (tertiary/aromatic N) is 7. The molecule has 398 valence electrons. The lowest BCUT2D eigenvalue weighted by Crippen LogP contribution is -2.98. The average Bonchev–Trinajstić information content (AvgIpc) is 4.03. The Labute approximate surface area is 438 Å². The number of fused-ring (bicyclic) bond motifs is 1. The molecule has 3 saturated carbocycles. The van der Waals surface area contributed by atoms with E-state index in [-0.39, 0.29) is 50.2 Å². The molecule has 6 aromatic rings. The van der Waals surface area contributed by atoms with Gasteiger partial charge in [0.25, 0.3) is 15.9 Å². The lowest BCUT2D eigenvalue weighted by atomic mass is 9.59. The number of aromatic nitrogens is 5. The minimum atomic E-state index is -4.55. The van der Waals surface area contributed by atoms with E-state index in [1.165, 1.54) is 61.1 Å². The second-order valence-corrected chi connectivity index (χ2v) is 24.4. The molecule has 5 N–H and O–H groups in total. The van der Waals surface area contributed by atoms with Crippen molar-refractivity contribution in [2.75, 3.05) is 56.5 Å². The first-order valence-electron chi connectivity index (χ1n) is 26.8. The van der Waals surface area contributed by atoms with Crippen molar-refractivity contribution in [3.63, 3.8) is 0 Å². The lowest BCUT2D eigenvalue weighted by Gasteiger charge is -2.58. The Morgan fingerprint density at radius 1 is 0.973 bits per heavy atom. The topological polar surface area (TPSA) is 201 Å². The molecule has 6 heterocycles. The van der Waals surface area contributed by atoms with Gasteiger partial charge in [-0.1, -0.05) is 38.1 Å². The second-order valence-electron chi connectivity index (χ2n) is 22.7. The third kappa shape index (κ3) is 11.0. The Morgan fingerprint density at radius 3 is 2.49 bits per heavy atom. The molecule has 5 fully saturated rings. The molecular formula is C56H70FN11O6S. The highest BCUT2D eigenvalue weighted by Crippen LogP contribution is 2.53. The highest BCUT2D eigenvalue weighted by Gasteiger charge is 2.50. The number of pyridine rings is 2. The van der Waals surface area contributed by atoms with E-state index in [1.54, 1.807) is 18.2 Å². The quantitative estimate of drug-likeness (QED) is 0.0585. The first-order valence-corrected chi connectivity index (χ1v) is 28.3. The summed E-state index contributed by atoms with van der Waals surface area (Å²) in [5, 5.41) is 30.9. The van der Waals surface area contributed by atoms with Crippen LogP contribution < -0.4 is 24.7 Å². The van der Waals surface area contributed by atoms with Crippen molar-refractivity contribution < 1.29 is 32.5 Å². The summed E-state index contributed by atoms with van der Waals surface area (Å²) < 4.78 is 53.3. The van der Waals surface area contributed by atoms with Gasteiger partial charge in [-0.05, 0) is 118 Å². The molecule has 1 spiro atoms. The molecule has 2 atom stereocenters. The van der Waals surface area contributed by atoms with E-state index in [9.17, 15) is 27.9 Å². The maximum absolute atomic E-state index is 14.8. The number of ether oxygens (including phenoxy) is 1. The maximum Gasteiger partial charge on any atom is 0.268 e. The van der Waals surface area contributed by atoms with Crippen molar-refractivity contribution in [2.45, 2.75) is 126 Å². The predicted octanol–water partition coefficient (Wildman–Crippen LogP) is 7.97. The summed E-state index contributed by atoms with van der Waals surface area (Å²) in [5.74, 6) is -0.339. The third-order valence-corrected chi connectivity index (χ3v) is 18.2. The Morgan fingerprint density at radius 2 is 1.75 bits per heavy atom. The van der Waals surface area contributed by atoms with Crippen LogP contribution in [0.15, 0.2) is 90.5 Å². The second kappa shape index (κ2) is 20.5. The van der Waals surface area contributed by atoms with Gasteiger partial charge in [0.1, 0.15) is 27.9 Å². The summed E-state index contributed by atoms with van der Waals surface area (Å²) in [5.41, 5.74) is 4.80. The van der Waals surface area contributed by atoms with Crippen molar-refractivity contribution >= 4 is 44.2 Å². The van der Waals surface area contributed by atoms with Crippen molar-refractivity contribution in [2.24, 2.45) is 11.3 Å². The van der Waals surface area contributed by atoms with Crippen LogP contribution in [0.4, 0.5) is 21.6 Å². The molecule has 2 aliphatic heterocycles. The van der Waals surface area contributed by atoms with Gasteiger partial charge in [-0.25, -0.2) is 27.5 Å². The lowest BCUT2D eigenvalue weighted by molar-refractivity contribution is -0.751. The monoisotopic (exact) mass is 1040 g/mol. The van der Waals surface area contributed by atoms with E-state index < -0.39 is 32.4 Å². The van der Waals surface area contributed by atoms with E-state index in [0.717, 1.165) is 89.7 Å². The average molecular weight is 1040 g/mol. The molecule has 4 aromatic heterocycles.